The second-order valence-electron chi connectivity index (χ2n) is 5.46. The summed E-state index contributed by atoms with van der Waals surface area (Å²) >= 11 is 3.49. The standard InChI is InChI=1S/C18H19BrN2/c1-12-17(16-4-2-3-5-18(16)21-12)10-14(11-20)13-6-8-15(19)9-7-13/h2-9,14,21H,10-11,20H2,1H3. The van der Waals surface area contributed by atoms with Gasteiger partial charge in [0.2, 0.25) is 0 Å². The molecule has 0 amide bonds. The number of nitrogens with one attached hydrogen (secondary N) is 1. The number of hydrogen-bond acceptors (Lipinski definition) is 1. The summed E-state index contributed by atoms with van der Waals surface area (Å²) in [6.07, 6.45) is 0.966. The number of hydrogen-bond donors (Lipinski definition) is 2. The molecule has 0 fully saturated rings. The molecular formula is C18H19BrN2. The maximum absolute atomic E-state index is 6.03. The predicted molar refractivity (Wildman–Crippen MR) is 92.7 cm³/mol. The Labute approximate surface area is 133 Å². The van der Waals surface area contributed by atoms with Gasteiger partial charge >= 0.3 is 0 Å². The molecule has 1 aromatic heterocycles. The monoisotopic (exact) mass is 342 g/mol. The lowest BCUT2D eigenvalue weighted by Crippen LogP contribution is -2.15. The quantitative estimate of drug-likeness (QED) is 0.718. The van der Waals surface area contributed by atoms with Crippen LogP contribution in [0.15, 0.2) is 53.0 Å². The van der Waals surface area contributed by atoms with Crippen molar-refractivity contribution < 1.29 is 0 Å². The van der Waals surface area contributed by atoms with Gasteiger partial charge in [0.15, 0.2) is 0 Å². The minimum atomic E-state index is 0.344. The van der Waals surface area contributed by atoms with Crippen LogP contribution in [0.3, 0.4) is 0 Å². The fourth-order valence-electron chi connectivity index (χ4n) is 2.92. The van der Waals surface area contributed by atoms with Gasteiger partial charge in [-0.2, -0.15) is 0 Å². The molecule has 1 heterocycles. The molecule has 0 saturated heterocycles. The third kappa shape index (κ3) is 2.89. The highest BCUT2D eigenvalue weighted by Gasteiger charge is 2.15. The molecule has 0 bridgehead atoms. The summed E-state index contributed by atoms with van der Waals surface area (Å²) < 4.78 is 1.10. The Hall–Kier alpha value is -1.58. The predicted octanol–water partition coefficient (Wildman–Crippen LogP) is 4.52. The lowest BCUT2D eigenvalue weighted by molar-refractivity contribution is 0.694. The molecule has 0 radical (unpaired) electrons. The summed E-state index contributed by atoms with van der Waals surface area (Å²) in [5.74, 6) is 0.344. The van der Waals surface area contributed by atoms with Crippen LogP contribution in [-0.4, -0.2) is 11.5 Å². The van der Waals surface area contributed by atoms with Crippen LogP contribution in [0.4, 0.5) is 0 Å². The van der Waals surface area contributed by atoms with E-state index in [-0.39, 0.29) is 0 Å². The van der Waals surface area contributed by atoms with E-state index in [0.717, 1.165) is 10.9 Å². The molecule has 3 heteroatoms. The van der Waals surface area contributed by atoms with Gasteiger partial charge in [-0.05, 0) is 49.2 Å². The van der Waals surface area contributed by atoms with Crippen molar-refractivity contribution in [2.75, 3.05) is 6.54 Å². The van der Waals surface area contributed by atoms with Crippen molar-refractivity contribution in [3.05, 3.63) is 69.8 Å². The molecule has 0 spiro atoms. The van der Waals surface area contributed by atoms with Gasteiger partial charge < -0.3 is 10.7 Å². The molecule has 0 saturated carbocycles. The van der Waals surface area contributed by atoms with Gasteiger partial charge in [-0.25, -0.2) is 0 Å². The lowest BCUT2D eigenvalue weighted by Gasteiger charge is -2.16. The fraction of sp³-hybridized carbons (Fsp3) is 0.222. The zero-order valence-electron chi connectivity index (χ0n) is 12.1. The number of fused-ring (bicyclic) bond motifs is 1. The summed E-state index contributed by atoms with van der Waals surface area (Å²) in [7, 11) is 0. The summed E-state index contributed by atoms with van der Waals surface area (Å²) in [4.78, 5) is 3.47. The molecule has 3 N–H and O–H groups in total. The van der Waals surface area contributed by atoms with Crippen molar-refractivity contribution in [1.29, 1.82) is 0 Å². The number of H-pyrrole nitrogens is 1. The number of nitrogens with two attached hydrogens (primary N) is 1. The van der Waals surface area contributed by atoms with Gasteiger partial charge in [0.25, 0.3) is 0 Å². The average Bonchev–Trinajstić information content (AvgIpc) is 2.81. The number of halogens is 1. The second kappa shape index (κ2) is 6.04. The molecule has 2 aromatic carbocycles. The van der Waals surface area contributed by atoms with Crippen LogP contribution in [0.2, 0.25) is 0 Å². The molecule has 108 valence electrons. The molecule has 21 heavy (non-hydrogen) atoms. The topological polar surface area (TPSA) is 41.8 Å². The van der Waals surface area contributed by atoms with Crippen LogP contribution in [-0.2, 0) is 6.42 Å². The molecule has 3 aromatic rings. The molecule has 0 aliphatic rings. The van der Waals surface area contributed by atoms with Crippen LogP contribution in [0.5, 0.6) is 0 Å². The summed E-state index contributed by atoms with van der Waals surface area (Å²) in [5, 5.41) is 1.31. The Morgan fingerprint density at radius 3 is 2.52 bits per heavy atom. The number of aromatic nitrogens is 1. The molecule has 1 atom stereocenters. The Morgan fingerprint density at radius 1 is 1.10 bits per heavy atom. The van der Waals surface area contributed by atoms with Crippen molar-refractivity contribution >= 4 is 26.8 Å². The van der Waals surface area contributed by atoms with Gasteiger partial charge in [0.1, 0.15) is 0 Å². The number of aryl methyl sites for hydroxylation is 1. The smallest absolute Gasteiger partial charge is 0.0458 e. The SMILES string of the molecule is Cc1[nH]c2ccccc2c1CC(CN)c1ccc(Br)cc1. The van der Waals surface area contributed by atoms with E-state index in [1.54, 1.807) is 0 Å². The van der Waals surface area contributed by atoms with E-state index in [4.69, 9.17) is 5.73 Å². The van der Waals surface area contributed by atoms with E-state index in [2.05, 4.69) is 76.4 Å². The molecule has 1 unspecified atom stereocenters. The van der Waals surface area contributed by atoms with E-state index < -0.39 is 0 Å². The van der Waals surface area contributed by atoms with E-state index in [1.165, 1.54) is 27.7 Å². The minimum absolute atomic E-state index is 0.344. The Morgan fingerprint density at radius 2 is 1.81 bits per heavy atom. The first kappa shape index (κ1) is 14.4. The zero-order chi connectivity index (χ0) is 14.8. The second-order valence-corrected chi connectivity index (χ2v) is 6.38. The average molecular weight is 343 g/mol. The summed E-state index contributed by atoms with van der Waals surface area (Å²) in [6, 6.07) is 17.0. The first-order valence-corrected chi connectivity index (χ1v) is 8.00. The zero-order valence-corrected chi connectivity index (χ0v) is 13.7. The Kier molecular flexibility index (Phi) is 4.13. The van der Waals surface area contributed by atoms with E-state index in [9.17, 15) is 0 Å². The Bertz CT molecular complexity index is 744. The maximum Gasteiger partial charge on any atom is 0.0458 e. The largest absolute Gasteiger partial charge is 0.358 e. The van der Waals surface area contributed by atoms with Gasteiger partial charge in [0, 0.05) is 27.0 Å². The van der Waals surface area contributed by atoms with E-state index >= 15 is 0 Å². The van der Waals surface area contributed by atoms with Crippen molar-refractivity contribution in [2.45, 2.75) is 19.3 Å². The van der Waals surface area contributed by atoms with Crippen molar-refractivity contribution in [1.82, 2.24) is 4.98 Å². The van der Waals surface area contributed by atoms with Crippen LogP contribution in [0, 0.1) is 6.92 Å². The molecule has 3 rings (SSSR count). The minimum Gasteiger partial charge on any atom is -0.358 e. The first-order valence-electron chi connectivity index (χ1n) is 7.20. The van der Waals surface area contributed by atoms with Crippen molar-refractivity contribution in [3.63, 3.8) is 0 Å². The molecule has 0 aliphatic heterocycles. The van der Waals surface area contributed by atoms with Crippen molar-refractivity contribution in [3.8, 4) is 0 Å². The molecular weight excluding hydrogens is 324 g/mol. The number of aromatic amines is 1. The van der Waals surface area contributed by atoms with Gasteiger partial charge in [0.05, 0.1) is 0 Å². The van der Waals surface area contributed by atoms with Gasteiger partial charge in [-0.1, -0.05) is 46.3 Å². The van der Waals surface area contributed by atoms with E-state index in [1.807, 2.05) is 0 Å². The lowest BCUT2D eigenvalue weighted by atomic mass is 9.91. The number of benzene rings is 2. The highest BCUT2D eigenvalue weighted by Crippen LogP contribution is 2.28. The van der Waals surface area contributed by atoms with Crippen LogP contribution in [0.1, 0.15) is 22.7 Å². The van der Waals surface area contributed by atoms with Gasteiger partial charge in [-0.15, -0.1) is 0 Å². The Balaban J connectivity index is 1.96. The highest BCUT2D eigenvalue weighted by atomic mass is 79.9. The van der Waals surface area contributed by atoms with E-state index in [0.29, 0.717) is 12.5 Å². The fourth-order valence-corrected chi connectivity index (χ4v) is 3.18. The summed E-state index contributed by atoms with van der Waals surface area (Å²) in [6.45, 7) is 2.80. The van der Waals surface area contributed by atoms with Crippen LogP contribution < -0.4 is 5.73 Å². The number of rotatable bonds is 4. The number of para-hydroxylation sites is 1. The first-order chi connectivity index (χ1) is 10.2. The van der Waals surface area contributed by atoms with Crippen LogP contribution in [0.25, 0.3) is 10.9 Å². The molecule has 2 nitrogen and oxygen atoms in total. The normalized spacial score (nSPS) is 12.7. The molecule has 0 aliphatic carbocycles. The van der Waals surface area contributed by atoms with Crippen molar-refractivity contribution in [2.24, 2.45) is 5.73 Å². The van der Waals surface area contributed by atoms with Crippen LogP contribution >= 0.6 is 15.9 Å². The van der Waals surface area contributed by atoms with Gasteiger partial charge in [-0.3, -0.25) is 0 Å². The third-order valence-corrected chi connectivity index (χ3v) is 4.63. The third-order valence-electron chi connectivity index (χ3n) is 4.10. The summed E-state index contributed by atoms with van der Waals surface area (Å²) in [5.41, 5.74) is 11.2. The highest BCUT2D eigenvalue weighted by molar-refractivity contribution is 9.10. The maximum atomic E-state index is 6.03.